The summed E-state index contributed by atoms with van der Waals surface area (Å²) in [5.41, 5.74) is 0.891. The van der Waals surface area contributed by atoms with E-state index in [2.05, 4.69) is 10.6 Å². The Morgan fingerprint density at radius 2 is 2.17 bits per heavy atom. The summed E-state index contributed by atoms with van der Waals surface area (Å²) < 4.78 is 42.5. The number of urea groups is 1. The number of furan rings is 1. The van der Waals surface area contributed by atoms with E-state index in [1.165, 1.54) is 4.90 Å². The Hall–Kier alpha value is -1.70. The van der Waals surface area contributed by atoms with E-state index in [1.807, 2.05) is 26.8 Å². The minimum Gasteiger partial charge on any atom is -0.466 e. The van der Waals surface area contributed by atoms with Gasteiger partial charge in [-0.3, -0.25) is 4.90 Å². The van der Waals surface area contributed by atoms with Gasteiger partial charge in [-0.15, -0.1) is 0 Å². The zero-order valence-electron chi connectivity index (χ0n) is 13.5. The number of nitrogens with zero attached hydrogens (tertiary/aromatic N) is 1. The van der Waals surface area contributed by atoms with Crippen LogP contribution in [0.5, 0.6) is 0 Å². The second kappa shape index (κ2) is 6.82. The van der Waals surface area contributed by atoms with Crippen molar-refractivity contribution in [3.63, 3.8) is 0 Å². The van der Waals surface area contributed by atoms with Crippen LogP contribution in [0, 0.1) is 13.8 Å². The summed E-state index contributed by atoms with van der Waals surface area (Å²) in [6.07, 6.45) is -3.69. The first-order chi connectivity index (χ1) is 10.6. The molecule has 0 radical (unpaired) electrons. The number of likely N-dealkylation sites (tertiary alicyclic amines) is 1. The van der Waals surface area contributed by atoms with Crippen molar-refractivity contribution in [2.45, 2.75) is 45.5 Å². The normalized spacial score (nSPS) is 20.5. The molecule has 2 atom stereocenters. The molecule has 1 aromatic heterocycles. The van der Waals surface area contributed by atoms with Crippen LogP contribution in [0.1, 0.15) is 36.5 Å². The predicted molar refractivity (Wildman–Crippen MR) is 79.2 cm³/mol. The molecule has 8 heteroatoms. The van der Waals surface area contributed by atoms with E-state index in [0.717, 1.165) is 17.1 Å². The van der Waals surface area contributed by atoms with Crippen molar-refractivity contribution in [1.29, 1.82) is 0 Å². The second-order valence-corrected chi connectivity index (χ2v) is 6.04. The van der Waals surface area contributed by atoms with Gasteiger partial charge >= 0.3 is 12.2 Å². The number of carbonyl (C=O) groups excluding carboxylic acids is 1. The molecule has 1 fully saturated rings. The van der Waals surface area contributed by atoms with Gasteiger partial charge in [-0.2, -0.15) is 13.2 Å². The molecule has 1 aliphatic heterocycles. The summed E-state index contributed by atoms with van der Waals surface area (Å²) in [4.78, 5) is 13.3. The minimum atomic E-state index is -4.21. The van der Waals surface area contributed by atoms with Crippen molar-refractivity contribution in [1.82, 2.24) is 15.5 Å². The molecule has 2 heterocycles. The molecule has 0 spiro atoms. The topological polar surface area (TPSA) is 57.5 Å². The van der Waals surface area contributed by atoms with Crippen molar-refractivity contribution < 1.29 is 22.4 Å². The fourth-order valence-electron chi connectivity index (χ4n) is 2.93. The number of nitrogens with one attached hydrogen (secondary N) is 2. The fraction of sp³-hybridized carbons (Fsp3) is 0.667. The van der Waals surface area contributed by atoms with Gasteiger partial charge in [0.25, 0.3) is 0 Å². The number of carbonyl (C=O) groups is 1. The first-order valence-corrected chi connectivity index (χ1v) is 7.57. The highest BCUT2D eigenvalue weighted by atomic mass is 19.4. The molecule has 1 aliphatic rings. The summed E-state index contributed by atoms with van der Waals surface area (Å²) in [5.74, 6) is 1.51. The maximum absolute atomic E-state index is 12.3. The van der Waals surface area contributed by atoms with Gasteiger partial charge in [0, 0.05) is 24.7 Å². The number of aryl methyl sites for hydroxylation is 2. The van der Waals surface area contributed by atoms with Crippen LogP contribution in [0.3, 0.4) is 0 Å². The molecule has 0 aliphatic carbocycles. The summed E-state index contributed by atoms with van der Waals surface area (Å²) in [6.45, 7) is 5.10. The average molecular weight is 333 g/mol. The van der Waals surface area contributed by atoms with Crippen molar-refractivity contribution >= 4 is 6.03 Å². The third-order valence-electron chi connectivity index (χ3n) is 3.90. The third kappa shape index (κ3) is 5.16. The molecule has 2 amide bonds. The average Bonchev–Trinajstić information content (AvgIpc) is 2.93. The van der Waals surface area contributed by atoms with Crippen LogP contribution in [-0.4, -0.2) is 42.8 Å². The van der Waals surface area contributed by atoms with Crippen LogP contribution in [-0.2, 0) is 0 Å². The molecule has 5 nitrogen and oxygen atoms in total. The molecular weight excluding hydrogens is 311 g/mol. The minimum absolute atomic E-state index is 0.213. The zero-order valence-corrected chi connectivity index (χ0v) is 13.5. The van der Waals surface area contributed by atoms with Crippen molar-refractivity contribution in [2.75, 3.05) is 19.6 Å². The van der Waals surface area contributed by atoms with Crippen LogP contribution >= 0.6 is 0 Å². The lowest BCUT2D eigenvalue weighted by Gasteiger charge is -2.19. The maximum atomic E-state index is 12.3. The molecule has 2 unspecified atom stereocenters. The largest absolute Gasteiger partial charge is 0.466 e. The molecular formula is C15H22F3N3O2. The van der Waals surface area contributed by atoms with Gasteiger partial charge in [-0.05, 0) is 33.3 Å². The van der Waals surface area contributed by atoms with Crippen LogP contribution < -0.4 is 10.6 Å². The summed E-state index contributed by atoms with van der Waals surface area (Å²) in [6, 6.07) is 0.979. The van der Waals surface area contributed by atoms with E-state index < -0.39 is 12.7 Å². The van der Waals surface area contributed by atoms with Gasteiger partial charge in [-0.1, -0.05) is 0 Å². The van der Waals surface area contributed by atoms with Gasteiger partial charge < -0.3 is 15.1 Å². The highest BCUT2D eigenvalue weighted by Gasteiger charge is 2.34. The van der Waals surface area contributed by atoms with E-state index in [1.54, 1.807) is 0 Å². The SMILES string of the molecule is Cc1cc(C(C)NC(=O)NC2CCN(CC(F)(F)F)C2)c(C)o1. The fourth-order valence-corrected chi connectivity index (χ4v) is 2.93. The van der Waals surface area contributed by atoms with Gasteiger partial charge in [0.2, 0.25) is 0 Å². The second-order valence-electron chi connectivity index (χ2n) is 6.04. The lowest BCUT2D eigenvalue weighted by molar-refractivity contribution is -0.143. The zero-order chi connectivity index (χ0) is 17.2. The van der Waals surface area contributed by atoms with Crippen LogP contribution in [0.15, 0.2) is 10.5 Å². The summed E-state index contributed by atoms with van der Waals surface area (Å²) in [7, 11) is 0. The number of amides is 2. The molecule has 2 N–H and O–H groups in total. The Labute approximate surface area is 133 Å². The van der Waals surface area contributed by atoms with E-state index in [-0.39, 0.29) is 24.7 Å². The molecule has 130 valence electrons. The standard InChI is InChI=1S/C15H22F3N3O2/c1-9-6-13(11(3)23-9)10(2)19-14(22)20-12-4-5-21(7-12)8-15(16,17)18/h6,10,12H,4-5,7-8H2,1-3H3,(H2,19,20,22). The van der Waals surface area contributed by atoms with Crippen LogP contribution in [0.4, 0.5) is 18.0 Å². The van der Waals surface area contributed by atoms with Crippen LogP contribution in [0.2, 0.25) is 0 Å². The Morgan fingerprint density at radius 3 is 2.74 bits per heavy atom. The van der Waals surface area contributed by atoms with Gasteiger partial charge in [0.05, 0.1) is 12.6 Å². The number of hydrogen-bond donors (Lipinski definition) is 2. The molecule has 0 bridgehead atoms. The van der Waals surface area contributed by atoms with Gasteiger partial charge in [0.15, 0.2) is 0 Å². The highest BCUT2D eigenvalue weighted by molar-refractivity contribution is 5.74. The molecule has 0 saturated carbocycles. The highest BCUT2D eigenvalue weighted by Crippen LogP contribution is 2.22. The Morgan fingerprint density at radius 1 is 1.48 bits per heavy atom. The Bertz CT molecular complexity index is 557. The number of hydrogen-bond acceptors (Lipinski definition) is 3. The quantitative estimate of drug-likeness (QED) is 0.891. The van der Waals surface area contributed by atoms with E-state index >= 15 is 0 Å². The molecule has 2 rings (SSSR count). The molecule has 0 aromatic carbocycles. The van der Waals surface area contributed by atoms with Gasteiger partial charge in [-0.25, -0.2) is 4.79 Å². The molecule has 1 saturated heterocycles. The Balaban J connectivity index is 1.80. The summed E-state index contributed by atoms with van der Waals surface area (Å²) in [5, 5.41) is 5.52. The smallest absolute Gasteiger partial charge is 0.401 e. The van der Waals surface area contributed by atoms with E-state index in [9.17, 15) is 18.0 Å². The van der Waals surface area contributed by atoms with Crippen molar-refractivity contribution in [3.05, 3.63) is 23.2 Å². The summed E-state index contributed by atoms with van der Waals surface area (Å²) >= 11 is 0. The predicted octanol–water partition coefficient (Wildman–Crippen LogP) is 2.89. The first-order valence-electron chi connectivity index (χ1n) is 7.57. The van der Waals surface area contributed by atoms with Gasteiger partial charge in [0.1, 0.15) is 11.5 Å². The molecule has 1 aromatic rings. The number of alkyl halides is 3. The van der Waals surface area contributed by atoms with Crippen LogP contribution in [0.25, 0.3) is 0 Å². The van der Waals surface area contributed by atoms with Crippen molar-refractivity contribution in [3.8, 4) is 0 Å². The third-order valence-corrected chi connectivity index (χ3v) is 3.90. The molecule has 23 heavy (non-hydrogen) atoms. The lowest BCUT2D eigenvalue weighted by atomic mass is 10.1. The number of rotatable bonds is 4. The van der Waals surface area contributed by atoms with Crippen molar-refractivity contribution in [2.24, 2.45) is 0 Å². The van der Waals surface area contributed by atoms with E-state index in [4.69, 9.17) is 4.42 Å². The monoisotopic (exact) mass is 333 g/mol. The number of halogens is 3. The maximum Gasteiger partial charge on any atom is 0.401 e. The van der Waals surface area contributed by atoms with E-state index in [0.29, 0.717) is 13.0 Å². The first kappa shape index (κ1) is 17.7. The lowest BCUT2D eigenvalue weighted by Crippen LogP contribution is -2.44. The Kier molecular flexibility index (Phi) is 5.23.